The van der Waals surface area contributed by atoms with Crippen LogP contribution in [0.5, 0.6) is 0 Å². The molecule has 0 radical (unpaired) electrons. The van der Waals surface area contributed by atoms with Crippen LogP contribution in [0.25, 0.3) is 0 Å². The molecule has 1 atom stereocenters. The minimum Gasteiger partial charge on any atom is -0.393 e. The number of aromatic amines is 1. The van der Waals surface area contributed by atoms with E-state index in [1.807, 2.05) is 0 Å². The summed E-state index contributed by atoms with van der Waals surface area (Å²) in [6.07, 6.45) is 5.71. The van der Waals surface area contributed by atoms with Crippen molar-refractivity contribution in [2.75, 3.05) is 6.54 Å². The average molecular weight is 225 g/mol. The lowest BCUT2D eigenvalue weighted by Crippen LogP contribution is -2.25. The molecule has 3 N–H and O–H groups in total. The van der Waals surface area contributed by atoms with Crippen molar-refractivity contribution in [1.82, 2.24) is 15.3 Å². The molecule has 1 rings (SSSR count). The highest BCUT2D eigenvalue weighted by Gasteiger charge is 2.03. The Morgan fingerprint density at radius 1 is 1.69 bits per heavy atom. The maximum atomic E-state index is 11.3. The summed E-state index contributed by atoms with van der Waals surface area (Å²) in [5.74, 6) is 0.943. The fourth-order valence-electron chi connectivity index (χ4n) is 1.35. The Labute approximate surface area is 95.3 Å². The first-order chi connectivity index (χ1) is 7.68. The van der Waals surface area contributed by atoms with Crippen molar-refractivity contribution in [3.05, 3.63) is 18.2 Å². The first kappa shape index (κ1) is 12.7. The number of carbonyl (C=O) groups is 1. The lowest BCUT2D eigenvalue weighted by Gasteiger charge is -2.05. The lowest BCUT2D eigenvalue weighted by molar-refractivity contribution is -0.121. The molecule has 5 nitrogen and oxygen atoms in total. The maximum Gasteiger partial charge on any atom is 0.220 e. The normalized spacial score (nSPS) is 12.4. The second kappa shape index (κ2) is 7.00. The number of rotatable bonds is 7. The van der Waals surface area contributed by atoms with E-state index in [1.54, 1.807) is 19.3 Å². The van der Waals surface area contributed by atoms with Gasteiger partial charge in [0.05, 0.1) is 6.10 Å². The van der Waals surface area contributed by atoms with E-state index >= 15 is 0 Å². The van der Waals surface area contributed by atoms with E-state index in [1.165, 1.54) is 0 Å². The van der Waals surface area contributed by atoms with E-state index in [0.29, 0.717) is 19.4 Å². The summed E-state index contributed by atoms with van der Waals surface area (Å²) >= 11 is 0. The summed E-state index contributed by atoms with van der Waals surface area (Å²) in [6, 6.07) is 0. The van der Waals surface area contributed by atoms with Crippen LogP contribution >= 0.6 is 0 Å². The fraction of sp³-hybridized carbons (Fsp3) is 0.636. The number of hydrogen-bond acceptors (Lipinski definition) is 3. The molecule has 0 spiro atoms. The standard InChI is InChI=1S/C11H19N3O2/c1-9(15)4-5-11(16)14-6-2-3-10-12-7-8-13-10/h7-9,15H,2-6H2,1H3,(H,12,13)(H,14,16). The molecule has 1 unspecified atom stereocenters. The Balaban J connectivity index is 2.00. The molecule has 1 heterocycles. The fourth-order valence-corrected chi connectivity index (χ4v) is 1.35. The van der Waals surface area contributed by atoms with Crippen LogP contribution in [-0.2, 0) is 11.2 Å². The molecule has 0 aliphatic carbocycles. The molecule has 1 aromatic rings. The van der Waals surface area contributed by atoms with E-state index in [0.717, 1.165) is 18.7 Å². The third-order valence-electron chi connectivity index (χ3n) is 2.26. The molecule has 1 aromatic heterocycles. The summed E-state index contributed by atoms with van der Waals surface area (Å²) in [5, 5.41) is 11.8. The largest absolute Gasteiger partial charge is 0.393 e. The Hall–Kier alpha value is -1.36. The molecule has 0 saturated heterocycles. The Morgan fingerprint density at radius 2 is 2.50 bits per heavy atom. The summed E-state index contributed by atoms with van der Waals surface area (Å²) in [4.78, 5) is 18.4. The second-order valence-electron chi connectivity index (χ2n) is 3.88. The topological polar surface area (TPSA) is 78.0 Å². The number of aromatic nitrogens is 2. The Bertz CT molecular complexity index is 296. The number of aryl methyl sites for hydroxylation is 1. The lowest BCUT2D eigenvalue weighted by atomic mass is 10.2. The van der Waals surface area contributed by atoms with Crippen molar-refractivity contribution in [3.63, 3.8) is 0 Å². The SMILES string of the molecule is CC(O)CCC(=O)NCCCc1ncc[nH]1. The van der Waals surface area contributed by atoms with Crippen LogP contribution in [0.2, 0.25) is 0 Å². The van der Waals surface area contributed by atoms with Crippen molar-refractivity contribution in [2.45, 2.75) is 38.7 Å². The van der Waals surface area contributed by atoms with Gasteiger partial charge in [0.1, 0.15) is 5.82 Å². The van der Waals surface area contributed by atoms with Gasteiger partial charge in [0.15, 0.2) is 0 Å². The first-order valence-electron chi connectivity index (χ1n) is 5.61. The van der Waals surface area contributed by atoms with Gasteiger partial charge in [-0.25, -0.2) is 4.98 Å². The number of carbonyl (C=O) groups excluding carboxylic acids is 1. The minimum absolute atomic E-state index is 0.000319. The van der Waals surface area contributed by atoms with Crippen molar-refractivity contribution in [1.29, 1.82) is 0 Å². The highest BCUT2D eigenvalue weighted by Crippen LogP contribution is 1.96. The molecule has 0 fully saturated rings. The van der Waals surface area contributed by atoms with E-state index in [4.69, 9.17) is 5.11 Å². The number of aliphatic hydroxyl groups is 1. The predicted molar refractivity (Wildman–Crippen MR) is 60.8 cm³/mol. The molecule has 1 amide bonds. The molecular weight excluding hydrogens is 206 g/mol. The third kappa shape index (κ3) is 5.50. The van der Waals surface area contributed by atoms with Crippen LogP contribution < -0.4 is 5.32 Å². The molecule has 0 aliphatic rings. The summed E-state index contributed by atoms with van der Waals surface area (Å²) < 4.78 is 0. The molecule has 0 saturated carbocycles. The molecule has 5 heteroatoms. The smallest absolute Gasteiger partial charge is 0.220 e. The van der Waals surface area contributed by atoms with Crippen LogP contribution in [-0.4, -0.2) is 33.6 Å². The van der Waals surface area contributed by atoms with Crippen LogP contribution in [0, 0.1) is 0 Å². The zero-order chi connectivity index (χ0) is 11.8. The van der Waals surface area contributed by atoms with Gasteiger partial charge in [0.25, 0.3) is 0 Å². The van der Waals surface area contributed by atoms with Crippen LogP contribution in [0.3, 0.4) is 0 Å². The van der Waals surface area contributed by atoms with Crippen molar-refractivity contribution in [3.8, 4) is 0 Å². The number of hydrogen-bond donors (Lipinski definition) is 3. The maximum absolute atomic E-state index is 11.3. The number of amides is 1. The zero-order valence-corrected chi connectivity index (χ0v) is 9.57. The van der Waals surface area contributed by atoms with Crippen LogP contribution in [0.4, 0.5) is 0 Å². The van der Waals surface area contributed by atoms with Gasteiger partial charge in [0.2, 0.25) is 5.91 Å². The van der Waals surface area contributed by atoms with Gasteiger partial charge in [-0.15, -0.1) is 0 Å². The molecule has 0 bridgehead atoms. The minimum atomic E-state index is -0.408. The predicted octanol–water partition coefficient (Wildman–Crippen LogP) is 0.619. The van der Waals surface area contributed by atoms with Gasteiger partial charge in [-0.3, -0.25) is 4.79 Å². The van der Waals surface area contributed by atoms with Gasteiger partial charge < -0.3 is 15.4 Å². The second-order valence-corrected chi connectivity index (χ2v) is 3.88. The zero-order valence-electron chi connectivity index (χ0n) is 9.57. The molecule has 0 aromatic carbocycles. The van der Waals surface area contributed by atoms with Crippen molar-refractivity contribution in [2.24, 2.45) is 0 Å². The summed E-state index contributed by atoms with van der Waals surface area (Å²) in [7, 11) is 0. The quantitative estimate of drug-likeness (QED) is 0.595. The summed E-state index contributed by atoms with van der Waals surface area (Å²) in [5.41, 5.74) is 0. The van der Waals surface area contributed by atoms with Gasteiger partial charge in [0, 0.05) is 31.8 Å². The third-order valence-corrected chi connectivity index (χ3v) is 2.26. The van der Waals surface area contributed by atoms with Gasteiger partial charge in [-0.05, 0) is 19.8 Å². The van der Waals surface area contributed by atoms with E-state index < -0.39 is 6.10 Å². The number of H-pyrrole nitrogens is 1. The van der Waals surface area contributed by atoms with E-state index in [-0.39, 0.29) is 5.91 Å². The van der Waals surface area contributed by atoms with Gasteiger partial charge >= 0.3 is 0 Å². The number of aliphatic hydroxyl groups excluding tert-OH is 1. The first-order valence-corrected chi connectivity index (χ1v) is 5.61. The molecule has 0 aliphatic heterocycles. The average Bonchev–Trinajstić information content (AvgIpc) is 2.74. The Morgan fingerprint density at radius 3 is 3.12 bits per heavy atom. The number of imidazole rings is 1. The van der Waals surface area contributed by atoms with Crippen LogP contribution in [0.15, 0.2) is 12.4 Å². The summed E-state index contributed by atoms with van der Waals surface area (Å²) in [6.45, 7) is 2.34. The molecule has 90 valence electrons. The van der Waals surface area contributed by atoms with Crippen molar-refractivity contribution >= 4 is 5.91 Å². The Kier molecular flexibility index (Phi) is 5.56. The van der Waals surface area contributed by atoms with Crippen LogP contribution in [0.1, 0.15) is 32.0 Å². The van der Waals surface area contributed by atoms with Crippen molar-refractivity contribution < 1.29 is 9.90 Å². The van der Waals surface area contributed by atoms with E-state index in [9.17, 15) is 4.79 Å². The van der Waals surface area contributed by atoms with E-state index in [2.05, 4.69) is 15.3 Å². The van der Waals surface area contributed by atoms with Gasteiger partial charge in [-0.1, -0.05) is 0 Å². The monoisotopic (exact) mass is 225 g/mol. The van der Waals surface area contributed by atoms with Gasteiger partial charge in [-0.2, -0.15) is 0 Å². The number of nitrogens with zero attached hydrogens (tertiary/aromatic N) is 1. The highest BCUT2D eigenvalue weighted by atomic mass is 16.3. The molecule has 16 heavy (non-hydrogen) atoms. The highest BCUT2D eigenvalue weighted by molar-refractivity contribution is 5.75. The molecular formula is C11H19N3O2. The number of nitrogens with one attached hydrogen (secondary N) is 2.